The van der Waals surface area contributed by atoms with Gasteiger partial charge in [0.15, 0.2) is 0 Å². The number of benzene rings is 1. The van der Waals surface area contributed by atoms with Gasteiger partial charge < -0.3 is 0 Å². The van der Waals surface area contributed by atoms with E-state index < -0.39 is 0 Å². The Balaban J connectivity index is 2.15. The molecule has 1 aliphatic rings. The van der Waals surface area contributed by atoms with Gasteiger partial charge in [0, 0.05) is 12.1 Å². The zero-order chi connectivity index (χ0) is 11.4. The molecule has 1 aliphatic heterocycles. The minimum Gasteiger partial charge on any atom is -0.272 e. The topological polar surface area (TPSA) is 32.7 Å². The maximum atomic E-state index is 11.7. The summed E-state index contributed by atoms with van der Waals surface area (Å²) in [5.74, 6) is 2.57. The van der Waals surface area contributed by atoms with Crippen LogP contribution in [0.15, 0.2) is 35.4 Å². The summed E-state index contributed by atoms with van der Waals surface area (Å²) in [7, 11) is 0. The Morgan fingerprint density at radius 2 is 2.12 bits per heavy atom. The lowest BCUT2D eigenvalue weighted by atomic mass is 10.1. The zero-order valence-corrected chi connectivity index (χ0v) is 8.89. The Morgan fingerprint density at radius 3 is 2.81 bits per heavy atom. The van der Waals surface area contributed by atoms with E-state index in [0.717, 1.165) is 11.4 Å². The quantitative estimate of drug-likeness (QED) is 0.707. The molecule has 1 aromatic rings. The van der Waals surface area contributed by atoms with Crippen LogP contribution in [0.25, 0.3) is 0 Å². The van der Waals surface area contributed by atoms with Gasteiger partial charge in [0.1, 0.15) is 0 Å². The molecule has 0 fully saturated rings. The van der Waals surface area contributed by atoms with Crippen molar-refractivity contribution < 1.29 is 4.79 Å². The predicted octanol–water partition coefficient (Wildman–Crippen LogP) is 2.19. The van der Waals surface area contributed by atoms with Crippen LogP contribution in [0.3, 0.4) is 0 Å². The highest BCUT2D eigenvalue weighted by Gasteiger charge is 2.24. The molecule has 1 heterocycles. The molecule has 3 heteroatoms. The van der Waals surface area contributed by atoms with Gasteiger partial charge in [-0.15, -0.1) is 12.3 Å². The van der Waals surface area contributed by atoms with Crippen LogP contribution in [0.4, 0.5) is 5.69 Å². The summed E-state index contributed by atoms with van der Waals surface area (Å²) in [5, 5.41) is 5.73. The fourth-order valence-corrected chi connectivity index (χ4v) is 1.61. The Hall–Kier alpha value is -2.08. The molecule has 0 saturated carbocycles. The smallest absolute Gasteiger partial charge is 0.253 e. The third-order valence-electron chi connectivity index (χ3n) is 2.39. The van der Waals surface area contributed by atoms with E-state index in [4.69, 9.17) is 6.42 Å². The zero-order valence-electron chi connectivity index (χ0n) is 8.89. The third kappa shape index (κ3) is 2.12. The van der Waals surface area contributed by atoms with Crippen molar-refractivity contribution in [3.8, 4) is 12.3 Å². The van der Waals surface area contributed by atoms with E-state index in [1.54, 1.807) is 0 Å². The number of carbonyl (C=O) groups is 1. The average Bonchev–Trinajstić information content (AvgIpc) is 2.69. The molecule has 0 spiro atoms. The van der Waals surface area contributed by atoms with Crippen molar-refractivity contribution in [2.24, 2.45) is 5.10 Å². The number of amides is 1. The van der Waals surface area contributed by atoms with E-state index in [2.05, 4.69) is 11.0 Å². The van der Waals surface area contributed by atoms with E-state index in [1.807, 2.05) is 30.3 Å². The first-order valence-corrected chi connectivity index (χ1v) is 5.19. The van der Waals surface area contributed by atoms with Gasteiger partial charge in [0.2, 0.25) is 0 Å². The van der Waals surface area contributed by atoms with Crippen LogP contribution in [-0.2, 0) is 4.79 Å². The number of para-hydroxylation sites is 1. The van der Waals surface area contributed by atoms with Gasteiger partial charge in [-0.3, -0.25) is 4.79 Å². The number of rotatable bonds is 3. The van der Waals surface area contributed by atoms with E-state index in [-0.39, 0.29) is 5.91 Å². The Kier molecular flexibility index (Phi) is 3.02. The van der Waals surface area contributed by atoms with Crippen LogP contribution >= 0.6 is 0 Å². The molecule has 80 valence electrons. The first-order chi connectivity index (χ1) is 7.81. The Bertz CT molecular complexity index is 457. The van der Waals surface area contributed by atoms with E-state index in [1.165, 1.54) is 5.01 Å². The second kappa shape index (κ2) is 4.63. The number of hydrogen-bond acceptors (Lipinski definition) is 2. The SMILES string of the molecule is C#CCCC1=NN(c2ccccc2)C(=O)C1. The van der Waals surface area contributed by atoms with Crippen molar-refractivity contribution >= 4 is 17.3 Å². The second-order valence-electron chi connectivity index (χ2n) is 3.59. The van der Waals surface area contributed by atoms with Crippen LogP contribution < -0.4 is 5.01 Å². The third-order valence-corrected chi connectivity index (χ3v) is 2.39. The number of carbonyl (C=O) groups excluding carboxylic acids is 1. The predicted molar refractivity (Wildman–Crippen MR) is 64.0 cm³/mol. The molecule has 1 aromatic carbocycles. The van der Waals surface area contributed by atoms with E-state index >= 15 is 0 Å². The molecule has 3 nitrogen and oxygen atoms in total. The van der Waals surface area contributed by atoms with Crippen LogP contribution in [0.2, 0.25) is 0 Å². The molecular formula is C13H12N2O. The standard InChI is InChI=1S/C13H12N2O/c1-2-3-7-11-10-13(16)15(14-11)12-8-5-4-6-9-12/h1,4-6,8-9H,3,7,10H2. The number of hydrazone groups is 1. The van der Waals surface area contributed by atoms with Gasteiger partial charge in [0.05, 0.1) is 12.1 Å². The molecule has 1 amide bonds. The van der Waals surface area contributed by atoms with Gasteiger partial charge in [-0.25, -0.2) is 5.01 Å². The summed E-state index contributed by atoms with van der Waals surface area (Å²) in [6, 6.07) is 9.42. The van der Waals surface area contributed by atoms with Gasteiger partial charge in [-0.2, -0.15) is 5.10 Å². The second-order valence-corrected chi connectivity index (χ2v) is 3.59. The molecule has 0 bridgehead atoms. The highest BCUT2D eigenvalue weighted by molar-refractivity contribution is 6.12. The van der Waals surface area contributed by atoms with Crippen molar-refractivity contribution in [3.63, 3.8) is 0 Å². The molecular weight excluding hydrogens is 200 g/mol. The molecule has 2 rings (SSSR count). The number of terminal acetylenes is 1. The van der Waals surface area contributed by atoms with Crippen LogP contribution in [0.5, 0.6) is 0 Å². The maximum Gasteiger partial charge on any atom is 0.253 e. The lowest BCUT2D eigenvalue weighted by Crippen LogP contribution is -2.19. The van der Waals surface area contributed by atoms with Crippen molar-refractivity contribution in [2.45, 2.75) is 19.3 Å². The monoisotopic (exact) mass is 212 g/mol. The normalized spacial score (nSPS) is 14.8. The van der Waals surface area contributed by atoms with Gasteiger partial charge >= 0.3 is 0 Å². The Labute approximate surface area is 94.8 Å². The minimum atomic E-state index is 0.0122. The molecule has 0 radical (unpaired) electrons. The molecule has 0 aliphatic carbocycles. The van der Waals surface area contributed by atoms with E-state index in [9.17, 15) is 4.79 Å². The van der Waals surface area contributed by atoms with Crippen molar-refractivity contribution in [3.05, 3.63) is 30.3 Å². The summed E-state index contributed by atoms with van der Waals surface area (Å²) >= 11 is 0. The van der Waals surface area contributed by atoms with Crippen LogP contribution in [-0.4, -0.2) is 11.6 Å². The summed E-state index contributed by atoms with van der Waals surface area (Å²) in [5.41, 5.74) is 1.68. The summed E-state index contributed by atoms with van der Waals surface area (Å²) in [6.45, 7) is 0. The molecule has 0 aromatic heterocycles. The number of anilines is 1. The highest BCUT2D eigenvalue weighted by atomic mass is 16.2. The van der Waals surface area contributed by atoms with Crippen molar-refractivity contribution in [1.29, 1.82) is 0 Å². The molecule has 16 heavy (non-hydrogen) atoms. The maximum absolute atomic E-state index is 11.7. The number of hydrogen-bond donors (Lipinski definition) is 0. The van der Waals surface area contributed by atoms with E-state index in [0.29, 0.717) is 19.3 Å². The average molecular weight is 212 g/mol. The van der Waals surface area contributed by atoms with Crippen LogP contribution in [0.1, 0.15) is 19.3 Å². The van der Waals surface area contributed by atoms with Gasteiger partial charge in [-0.05, 0) is 18.6 Å². The van der Waals surface area contributed by atoms with Gasteiger partial charge in [0.25, 0.3) is 5.91 Å². The first kappa shape index (κ1) is 10.4. The molecule has 0 unspecified atom stereocenters. The molecule has 0 N–H and O–H groups in total. The Morgan fingerprint density at radius 1 is 1.38 bits per heavy atom. The fraction of sp³-hybridized carbons (Fsp3) is 0.231. The first-order valence-electron chi connectivity index (χ1n) is 5.19. The molecule has 0 saturated heterocycles. The lowest BCUT2D eigenvalue weighted by Gasteiger charge is -2.10. The highest BCUT2D eigenvalue weighted by Crippen LogP contribution is 2.20. The number of nitrogens with zero attached hydrogens (tertiary/aromatic N) is 2. The summed E-state index contributed by atoms with van der Waals surface area (Å²) in [4.78, 5) is 11.7. The van der Waals surface area contributed by atoms with Crippen LogP contribution in [0, 0.1) is 12.3 Å². The lowest BCUT2D eigenvalue weighted by molar-refractivity contribution is -0.116. The molecule has 0 atom stereocenters. The largest absolute Gasteiger partial charge is 0.272 e. The van der Waals surface area contributed by atoms with Crippen molar-refractivity contribution in [1.82, 2.24) is 0 Å². The van der Waals surface area contributed by atoms with Gasteiger partial charge in [-0.1, -0.05) is 18.2 Å². The summed E-state index contributed by atoms with van der Waals surface area (Å²) < 4.78 is 0. The fourth-order valence-electron chi connectivity index (χ4n) is 1.61. The minimum absolute atomic E-state index is 0.0122. The summed E-state index contributed by atoms with van der Waals surface area (Å²) in [6.07, 6.45) is 6.90. The van der Waals surface area contributed by atoms with Crippen molar-refractivity contribution in [2.75, 3.05) is 5.01 Å².